The van der Waals surface area contributed by atoms with Crippen molar-refractivity contribution < 1.29 is 0 Å². The van der Waals surface area contributed by atoms with E-state index in [4.69, 9.17) is 5.73 Å². The summed E-state index contributed by atoms with van der Waals surface area (Å²) in [4.78, 5) is 7.74. The molecule has 0 aliphatic heterocycles. The van der Waals surface area contributed by atoms with Gasteiger partial charge in [-0.2, -0.15) is 0 Å². The van der Waals surface area contributed by atoms with Crippen molar-refractivity contribution in [2.45, 2.75) is 25.3 Å². The smallest absolute Gasteiger partial charge is 0.137 e. The van der Waals surface area contributed by atoms with E-state index in [1.807, 2.05) is 6.20 Å². The number of rotatable bonds is 0. The summed E-state index contributed by atoms with van der Waals surface area (Å²) in [5.74, 6) is 0. The van der Waals surface area contributed by atoms with Crippen molar-refractivity contribution in [2.75, 3.05) is 0 Å². The van der Waals surface area contributed by atoms with Crippen molar-refractivity contribution in [3.05, 3.63) is 28.0 Å². The number of pyridine rings is 1. The first-order valence-electron chi connectivity index (χ1n) is 5.14. The molecule has 78 valence electrons. The van der Waals surface area contributed by atoms with Crippen LogP contribution in [0.15, 0.2) is 16.7 Å². The van der Waals surface area contributed by atoms with Crippen LogP contribution in [-0.2, 0) is 12.8 Å². The van der Waals surface area contributed by atoms with E-state index in [2.05, 4.69) is 32.0 Å². The zero-order valence-corrected chi connectivity index (χ0v) is 9.84. The standard InChI is InChI=1S/C11H12BrN3/c12-6-3-9-8-4-7(13)1-2-10(8)15-11(9)14-5-6/h3,5,7H,1-2,4,13H2,(H,14,15). The number of aryl methyl sites for hydroxylation is 1. The number of nitrogens with two attached hydrogens (primary N) is 1. The lowest BCUT2D eigenvalue weighted by Gasteiger charge is -2.17. The van der Waals surface area contributed by atoms with Crippen molar-refractivity contribution in [2.24, 2.45) is 5.73 Å². The minimum atomic E-state index is 0.301. The Bertz CT molecular complexity index is 518. The molecule has 0 saturated carbocycles. The Kier molecular flexibility index (Phi) is 2.07. The second-order valence-electron chi connectivity index (χ2n) is 4.13. The van der Waals surface area contributed by atoms with E-state index in [1.54, 1.807) is 0 Å². The molecule has 3 rings (SSSR count). The average molecular weight is 266 g/mol. The number of nitrogens with one attached hydrogen (secondary N) is 1. The summed E-state index contributed by atoms with van der Waals surface area (Å²) in [5, 5.41) is 1.22. The van der Waals surface area contributed by atoms with Gasteiger partial charge in [0.2, 0.25) is 0 Å². The number of aromatic nitrogens is 2. The lowest BCUT2D eigenvalue weighted by atomic mass is 9.92. The van der Waals surface area contributed by atoms with Crippen LogP contribution in [0, 0.1) is 0 Å². The zero-order chi connectivity index (χ0) is 10.4. The van der Waals surface area contributed by atoms with Crippen molar-refractivity contribution in [3.8, 4) is 0 Å². The molecule has 0 amide bonds. The van der Waals surface area contributed by atoms with Crippen LogP contribution in [0.4, 0.5) is 0 Å². The third kappa shape index (κ3) is 1.48. The van der Waals surface area contributed by atoms with Crippen molar-refractivity contribution >= 4 is 27.0 Å². The predicted octanol–water partition coefficient (Wildman–Crippen LogP) is 2.14. The highest BCUT2D eigenvalue weighted by Crippen LogP contribution is 2.29. The Labute approximate surface area is 96.2 Å². The molecule has 1 atom stereocenters. The first-order valence-corrected chi connectivity index (χ1v) is 5.94. The molecule has 3 N–H and O–H groups in total. The SMILES string of the molecule is NC1CCc2[nH]c3ncc(Br)cc3c2C1. The molecule has 4 heteroatoms. The molecule has 1 aliphatic carbocycles. The molecule has 0 bridgehead atoms. The average Bonchev–Trinajstić information content (AvgIpc) is 2.56. The number of fused-ring (bicyclic) bond motifs is 3. The Morgan fingerprint density at radius 2 is 2.40 bits per heavy atom. The maximum absolute atomic E-state index is 5.99. The van der Waals surface area contributed by atoms with Crippen molar-refractivity contribution in [1.82, 2.24) is 9.97 Å². The van der Waals surface area contributed by atoms with Gasteiger partial charge in [-0.15, -0.1) is 0 Å². The fraction of sp³-hybridized carbons (Fsp3) is 0.364. The van der Waals surface area contributed by atoms with Gasteiger partial charge in [-0.25, -0.2) is 4.98 Å². The fourth-order valence-corrected chi connectivity index (χ4v) is 2.62. The Morgan fingerprint density at radius 1 is 1.53 bits per heavy atom. The summed E-state index contributed by atoms with van der Waals surface area (Å²) in [6.07, 6.45) is 4.91. The van der Waals surface area contributed by atoms with Crippen LogP contribution in [-0.4, -0.2) is 16.0 Å². The van der Waals surface area contributed by atoms with Crippen LogP contribution in [0.1, 0.15) is 17.7 Å². The quantitative estimate of drug-likeness (QED) is 0.767. The first kappa shape index (κ1) is 9.36. The summed E-state index contributed by atoms with van der Waals surface area (Å²) >= 11 is 3.45. The first-order chi connectivity index (χ1) is 7.24. The van der Waals surface area contributed by atoms with Crippen LogP contribution in [0.3, 0.4) is 0 Å². The molecule has 15 heavy (non-hydrogen) atoms. The summed E-state index contributed by atoms with van der Waals surface area (Å²) in [5.41, 5.74) is 9.65. The van der Waals surface area contributed by atoms with Crippen molar-refractivity contribution in [1.29, 1.82) is 0 Å². The van der Waals surface area contributed by atoms with Crippen molar-refractivity contribution in [3.63, 3.8) is 0 Å². The van der Waals surface area contributed by atoms with E-state index in [0.29, 0.717) is 6.04 Å². The van der Waals surface area contributed by atoms with E-state index in [0.717, 1.165) is 29.4 Å². The molecule has 2 aromatic rings. The minimum Gasteiger partial charge on any atom is -0.343 e. The molecular weight excluding hydrogens is 254 g/mol. The third-order valence-electron chi connectivity index (χ3n) is 3.04. The van der Waals surface area contributed by atoms with Gasteiger partial charge in [-0.3, -0.25) is 0 Å². The van der Waals surface area contributed by atoms with E-state index in [1.165, 1.54) is 16.6 Å². The normalized spacial score (nSPS) is 20.5. The Balaban J connectivity index is 2.25. The van der Waals surface area contributed by atoms with Gasteiger partial charge in [0.25, 0.3) is 0 Å². The summed E-state index contributed by atoms with van der Waals surface area (Å²) in [6.45, 7) is 0. The van der Waals surface area contributed by atoms with Crippen LogP contribution in [0.2, 0.25) is 0 Å². The van der Waals surface area contributed by atoms with Crippen LogP contribution in [0.5, 0.6) is 0 Å². The van der Waals surface area contributed by atoms with Crippen LogP contribution in [0.25, 0.3) is 11.0 Å². The number of halogens is 1. The molecule has 2 heterocycles. The number of H-pyrrole nitrogens is 1. The van der Waals surface area contributed by atoms with Gasteiger partial charge in [-0.05, 0) is 46.8 Å². The Morgan fingerprint density at radius 3 is 3.27 bits per heavy atom. The van der Waals surface area contributed by atoms with Gasteiger partial charge in [0.1, 0.15) is 5.65 Å². The minimum absolute atomic E-state index is 0.301. The summed E-state index contributed by atoms with van der Waals surface area (Å²) in [6, 6.07) is 2.42. The largest absolute Gasteiger partial charge is 0.343 e. The van der Waals surface area contributed by atoms with E-state index in [-0.39, 0.29) is 0 Å². The second kappa shape index (κ2) is 3.32. The molecule has 0 fully saturated rings. The molecule has 0 aromatic carbocycles. The number of hydrogen-bond donors (Lipinski definition) is 2. The number of nitrogens with zero attached hydrogens (tertiary/aromatic N) is 1. The van der Waals surface area contributed by atoms with Gasteiger partial charge < -0.3 is 10.7 Å². The third-order valence-corrected chi connectivity index (χ3v) is 3.48. The molecule has 3 nitrogen and oxygen atoms in total. The molecule has 1 aliphatic rings. The molecule has 0 spiro atoms. The van der Waals surface area contributed by atoms with Gasteiger partial charge >= 0.3 is 0 Å². The van der Waals surface area contributed by atoms with Crippen LogP contribution < -0.4 is 5.73 Å². The van der Waals surface area contributed by atoms with E-state index in [9.17, 15) is 0 Å². The highest BCUT2D eigenvalue weighted by Gasteiger charge is 2.20. The highest BCUT2D eigenvalue weighted by atomic mass is 79.9. The van der Waals surface area contributed by atoms with Gasteiger partial charge in [0.05, 0.1) is 0 Å². The van der Waals surface area contributed by atoms with Crippen LogP contribution >= 0.6 is 15.9 Å². The number of aromatic amines is 1. The number of hydrogen-bond acceptors (Lipinski definition) is 2. The molecular formula is C11H12BrN3. The molecule has 0 saturated heterocycles. The monoisotopic (exact) mass is 265 g/mol. The van der Waals surface area contributed by atoms with E-state index >= 15 is 0 Å². The molecule has 2 aromatic heterocycles. The van der Waals surface area contributed by atoms with Gasteiger partial charge in [0.15, 0.2) is 0 Å². The van der Waals surface area contributed by atoms with Gasteiger partial charge in [0, 0.05) is 27.8 Å². The summed E-state index contributed by atoms with van der Waals surface area (Å²) < 4.78 is 1.02. The molecule has 0 radical (unpaired) electrons. The molecule has 1 unspecified atom stereocenters. The predicted molar refractivity (Wildman–Crippen MR) is 63.8 cm³/mol. The zero-order valence-electron chi connectivity index (χ0n) is 8.26. The van der Waals surface area contributed by atoms with Gasteiger partial charge in [-0.1, -0.05) is 0 Å². The van der Waals surface area contributed by atoms with E-state index < -0.39 is 0 Å². The highest BCUT2D eigenvalue weighted by molar-refractivity contribution is 9.10. The topological polar surface area (TPSA) is 54.7 Å². The lowest BCUT2D eigenvalue weighted by molar-refractivity contribution is 0.574. The lowest BCUT2D eigenvalue weighted by Crippen LogP contribution is -2.27. The maximum atomic E-state index is 5.99. The maximum Gasteiger partial charge on any atom is 0.137 e. The summed E-state index contributed by atoms with van der Waals surface area (Å²) in [7, 11) is 0. The second-order valence-corrected chi connectivity index (χ2v) is 5.05. The fourth-order valence-electron chi connectivity index (χ4n) is 2.29. The Hall–Kier alpha value is -0.870.